The Hall–Kier alpha value is -4.44. The van der Waals surface area contributed by atoms with Gasteiger partial charge < -0.3 is 0 Å². The second-order valence-electron chi connectivity index (χ2n) is 9.44. The zero-order valence-electron chi connectivity index (χ0n) is 19.3. The van der Waals surface area contributed by atoms with E-state index in [0.717, 1.165) is 35.3 Å². The Kier molecular flexibility index (Phi) is 3.68. The van der Waals surface area contributed by atoms with Crippen molar-refractivity contribution in [3.63, 3.8) is 0 Å². The molecule has 0 saturated heterocycles. The molecule has 0 N–H and O–H groups in total. The number of benzene rings is 5. The molecule has 0 aliphatic carbocycles. The van der Waals surface area contributed by atoms with Crippen LogP contribution in [-0.4, -0.2) is 21.8 Å². The maximum absolute atomic E-state index is 5.09. The molecule has 4 heteroatoms. The quantitative estimate of drug-likeness (QED) is 0.310. The Morgan fingerprint density at radius 2 is 1.34 bits per heavy atom. The summed E-state index contributed by atoms with van der Waals surface area (Å²) in [5.74, 6) is 0.731. The SMILES string of the molecule is Cc1nc(-n2c3ccccc3c3c4ccccc4c4c(c32)-c2ccccc2B4)nc2ccccc12. The Balaban J connectivity index is 1.65. The molecule has 7 aromatic rings. The minimum Gasteiger partial charge on any atom is -0.277 e. The van der Waals surface area contributed by atoms with Crippen molar-refractivity contribution in [1.82, 2.24) is 14.5 Å². The second kappa shape index (κ2) is 6.80. The molecule has 0 atom stereocenters. The molecule has 0 unspecified atom stereocenters. The first-order valence-corrected chi connectivity index (χ1v) is 12.1. The Morgan fingerprint density at radius 3 is 2.23 bits per heavy atom. The van der Waals surface area contributed by atoms with E-state index >= 15 is 0 Å². The standard InChI is InChI=1S/C31H20BN3/c1-18-19-10-5-8-16-25(19)34-31(33-18)35-26-17-9-6-14-23(26)27-20-11-2-3-12-21(20)29-28(30(27)35)22-13-4-7-15-24(22)32-29/h2-17,32H,1H3. The summed E-state index contributed by atoms with van der Waals surface area (Å²) in [7, 11) is 0.946. The van der Waals surface area contributed by atoms with E-state index in [0.29, 0.717) is 0 Å². The first-order chi connectivity index (χ1) is 17.3. The lowest BCUT2D eigenvalue weighted by Gasteiger charge is -2.14. The minimum absolute atomic E-state index is 0.731. The fraction of sp³-hybridized carbons (Fsp3) is 0.0323. The molecule has 0 fully saturated rings. The van der Waals surface area contributed by atoms with Gasteiger partial charge in [-0.05, 0) is 35.4 Å². The van der Waals surface area contributed by atoms with Crippen LogP contribution in [0.1, 0.15) is 5.69 Å². The van der Waals surface area contributed by atoms with Crippen LogP contribution in [0.3, 0.4) is 0 Å². The third kappa shape index (κ3) is 2.46. The van der Waals surface area contributed by atoms with Crippen LogP contribution in [0.2, 0.25) is 0 Å². The van der Waals surface area contributed by atoms with Gasteiger partial charge in [0.1, 0.15) is 0 Å². The van der Waals surface area contributed by atoms with Crippen LogP contribution in [0.4, 0.5) is 0 Å². The van der Waals surface area contributed by atoms with E-state index in [1.165, 1.54) is 49.1 Å². The van der Waals surface area contributed by atoms with Gasteiger partial charge in [0, 0.05) is 21.7 Å². The van der Waals surface area contributed by atoms with Gasteiger partial charge >= 0.3 is 0 Å². The summed E-state index contributed by atoms with van der Waals surface area (Å²) in [6, 6.07) is 34.7. The highest BCUT2D eigenvalue weighted by Gasteiger charge is 2.29. The molecule has 8 rings (SSSR count). The van der Waals surface area contributed by atoms with Gasteiger partial charge in [-0.3, -0.25) is 4.57 Å². The number of hydrogen-bond acceptors (Lipinski definition) is 2. The second-order valence-corrected chi connectivity index (χ2v) is 9.44. The topological polar surface area (TPSA) is 30.7 Å². The molecule has 3 heterocycles. The first-order valence-electron chi connectivity index (χ1n) is 12.1. The molecular weight excluding hydrogens is 425 g/mol. The van der Waals surface area contributed by atoms with Crippen molar-refractivity contribution in [1.29, 1.82) is 0 Å². The predicted molar refractivity (Wildman–Crippen MR) is 148 cm³/mol. The van der Waals surface area contributed by atoms with Crippen molar-refractivity contribution in [2.24, 2.45) is 0 Å². The van der Waals surface area contributed by atoms with Crippen molar-refractivity contribution in [3.05, 3.63) is 103 Å². The van der Waals surface area contributed by atoms with Crippen LogP contribution in [-0.2, 0) is 0 Å². The van der Waals surface area contributed by atoms with Crippen molar-refractivity contribution in [3.8, 4) is 17.1 Å². The van der Waals surface area contributed by atoms with Gasteiger partial charge in [0.15, 0.2) is 7.28 Å². The molecule has 162 valence electrons. The van der Waals surface area contributed by atoms with Gasteiger partial charge in [0.2, 0.25) is 5.95 Å². The van der Waals surface area contributed by atoms with Crippen LogP contribution < -0.4 is 10.9 Å². The fourth-order valence-electron chi connectivity index (χ4n) is 6.10. The summed E-state index contributed by atoms with van der Waals surface area (Å²) in [5, 5.41) is 6.24. The molecule has 0 radical (unpaired) electrons. The summed E-state index contributed by atoms with van der Waals surface area (Å²) in [6.07, 6.45) is 0. The lowest BCUT2D eigenvalue weighted by Crippen LogP contribution is -2.21. The lowest BCUT2D eigenvalue weighted by molar-refractivity contribution is 0.990. The van der Waals surface area contributed by atoms with Crippen LogP contribution in [0.5, 0.6) is 0 Å². The maximum atomic E-state index is 5.09. The molecule has 35 heavy (non-hydrogen) atoms. The van der Waals surface area contributed by atoms with Crippen molar-refractivity contribution >= 4 is 61.7 Å². The third-order valence-electron chi connectivity index (χ3n) is 7.57. The summed E-state index contributed by atoms with van der Waals surface area (Å²) in [6.45, 7) is 2.08. The fourth-order valence-corrected chi connectivity index (χ4v) is 6.10. The summed E-state index contributed by atoms with van der Waals surface area (Å²) >= 11 is 0. The number of aromatic nitrogens is 3. The number of fused-ring (bicyclic) bond motifs is 11. The molecule has 0 saturated carbocycles. The van der Waals surface area contributed by atoms with Crippen molar-refractivity contribution < 1.29 is 0 Å². The Bertz CT molecular complexity index is 2000. The van der Waals surface area contributed by atoms with Crippen molar-refractivity contribution in [2.75, 3.05) is 0 Å². The summed E-state index contributed by atoms with van der Waals surface area (Å²) in [4.78, 5) is 10.1. The largest absolute Gasteiger partial charge is 0.277 e. The first kappa shape index (κ1) is 18.9. The molecule has 1 aliphatic heterocycles. The molecule has 2 aromatic heterocycles. The van der Waals surface area contributed by atoms with Gasteiger partial charge in [-0.15, -0.1) is 0 Å². The zero-order chi connectivity index (χ0) is 23.1. The van der Waals surface area contributed by atoms with Crippen LogP contribution in [0, 0.1) is 6.92 Å². The van der Waals surface area contributed by atoms with Crippen LogP contribution >= 0.6 is 0 Å². The number of rotatable bonds is 1. The average molecular weight is 445 g/mol. The van der Waals surface area contributed by atoms with E-state index in [2.05, 4.69) is 102 Å². The summed E-state index contributed by atoms with van der Waals surface area (Å²) < 4.78 is 2.30. The third-order valence-corrected chi connectivity index (χ3v) is 7.57. The average Bonchev–Trinajstić information content (AvgIpc) is 3.45. The predicted octanol–water partition coefficient (Wildman–Crippen LogP) is 5.56. The molecule has 3 nitrogen and oxygen atoms in total. The van der Waals surface area contributed by atoms with E-state index in [1.807, 2.05) is 6.07 Å². The molecule has 0 amide bonds. The maximum Gasteiger partial charge on any atom is 0.235 e. The zero-order valence-corrected chi connectivity index (χ0v) is 19.3. The monoisotopic (exact) mass is 445 g/mol. The summed E-state index contributed by atoms with van der Waals surface area (Å²) in [5.41, 5.74) is 9.73. The molecule has 1 aliphatic rings. The number of para-hydroxylation sites is 2. The van der Waals surface area contributed by atoms with E-state index in [9.17, 15) is 0 Å². The molecule has 0 bridgehead atoms. The highest BCUT2D eigenvalue weighted by atomic mass is 15.2. The van der Waals surface area contributed by atoms with Crippen LogP contribution in [0.25, 0.3) is 60.6 Å². The number of hydrogen-bond donors (Lipinski definition) is 0. The van der Waals surface area contributed by atoms with Crippen molar-refractivity contribution in [2.45, 2.75) is 6.92 Å². The Morgan fingerprint density at radius 1 is 0.657 bits per heavy atom. The molecule has 0 spiro atoms. The van der Waals surface area contributed by atoms with E-state index in [-0.39, 0.29) is 0 Å². The van der Waals surface area contributed by atoms with Gasteiger partial charge in [0.05, 0.1) is 22.2 Å². The number of aryl methyl sites for hydroxylation is 1. The molecular formula is C31H20BN3. The van der Waals surface area contributed by atoms with Gasteiger partial charge in [-0.1, -0.05) is 95.9 Å². The minimum atomic E-state index is 0.731. The van der Waals surface area contributed by atoms with Crippen LogP contribution in [0.15, 0.2) is 97.1 Å². The van der Waals surface area contributed by atoms with Gasteiger partial charge in [-0.2, -0.15) is 0 Å². The van der Waals surface area contributed by atoms with E-state index in [1.54, 1.807) is 0 Å². The molecule has 5 aromatic carbocycles. The Labute approximate surface area is 202 Å². The van der Waals surface area contributed by atoms with Gasteiger partial charge in [-0.25, -0.2) is 9.97 Å². The van der Waals surface area contributed by atoms with Gasteiger partial charge in [0.25, 0.3) is 0 Å². The number of nitrogens with zero attached hydrogens (tertiary/aromatic N) is 3. The normalized spacial score (nSPS) is 12.4. The smallest absolute Gasteiger partial charge is 0.235 e. The van der Waals surface area contributed by atoms with E-state index < -0.39 is 0 Å². The highest BCUT2D eigenvalue weighted by molar-refractivity contribution is 6.77. The van der Waals surface area contributed by atoms with E-state index in [4.69, 9.17) is 9.97 Å². The lowest BCUT2D eigenvalue weighted by atomic mass is 9.66. The highest BCUT2D eigenvalue weighted by Crippen LogP contribution is 2.42.